The van der Waals surface area contributed by atoms with Crippen molar-refractivity contribution in [2.45, 2.75) is 0 Å². The zero-order valence-electron chi connectivity index (χ0n) is 10.00. The summed E-state index contributed by atoms with van der Waals surface area (Å²) in [6.45, 7) is 0. The lowest BCUT2D eigenvalue weighted by atomic mass is 10.2. The number of benzene rings is 2. The lowest BCUT2D eigenvalue weighted by Gasteiger charge is -2.08. The van der Waals surface area contributed by atoms with Gasteiger partial charge >= 0.3 is 5.63 Å². The first-order valence-corrected chi connectivity index (χ1v) is 5.79. The van der Waals surface area contributed by atoms with Gasteiger partial charge in [0.25, 0.3) is 0 Å². The van der Waals surface area contributed by atoms with Gasteiger partial charge in [0, 0.05) is 17.5 Å². The van der Waals surface area contributed by atoms with Gasteiger partial charge in [0.1, 0.15) is 17.1 Å². The van der Waals surface area contributed by atoms with Gasteiger partial charge in [-0.05, 0) is 30.3 Å². The van der Waals surface area contributed by atoms with E-state index in [1.54, 1.807) is 30.3 Å². The molecular formula is C15H11NO3. The topological polar surface area (TPSA) is 65.5 Å². The zero-order valence-corrected chi connectivity index (χ0v) is 10.00. The van der Waals surface area contributed by atoms with E-state index in [1.807, 2.05) is 18.2 Å². The SMILES string of the molecule is Nc1ccccc1Oc1ccc2ccc(=O)oc2c1. The standard InChI is InChI=1S/C15H11NO3/c16-12-3-1-2-4-13(12)18-11-7-5-10-6-8-15(17)19-14(10)9-11/h1-9H,16H2. The van der Waals surface area contributed by atoms with Crippen LogP contribution in [0.5, 0.6) is 11.5 Å². The van der Waals surface area contributed by atoms with Crippen molar-refractivity contribution in [1.82, 2.24) is 0 Å². The van der Waals surface area contributed by atoms with Crippen LogP contribution in [-0.4, -0.2) is 0 Å². The molecule has 1 heterocycles. The number of para-hydroxylation sites is 2. The predicted octanol–water partition coefficient (Wildman–Crippen LogP) is 3.17. The largest absolute Gasteiger partial charge is 0.455 e. The third-order valence-electron chi connectivity index (χ3n) is 2.74. The fraction of sp³-hybridized carbons (Fsp3) is 0. The van der Waals surface area contributed by atoms with Gasteiger partial charge in [0.05, 0.1) is 5.69 Å². The highest BCUT2D eigenvalue weighted by Crippen LogP contribution is 2.28. The highest BCUT2D eigenvalue weighted by molar-refractivity contribution is 5.77. The summed E-state index contributed by atoms with van der Waals surface area (Å²) in [5, 5.41) is 0.841. The molecule has 0 unspecified atom stereocenters. The van der Waals surface area contributed by atoms with Crippen LogP contribution in [0.2, 0.25) is 0 Å². The summed E-state index contributed by atoms with van der Waals surface area (Å²) in [4.78, 5) is 11.2. The van der Waals surface area contributed by atoms with E-state index in [1.165, 1.54) is 6.07 Å². The van der Waals surface area contributed by atoms with Crippen molar-refractivity contribution in [3.8, 4) is 11.5 Å². The number of ether oxygens (including phenoxy) is 1. The maximum atomic E-state index is 11.2. The number of fused-ring (bicyclic) bond motifs is 1. The Kier molecular flexibility index (Phi) is 2.68. The molecule has 0 spiro atoms. The molecular weight excluding hydrogens is 242 g/mol. The van der Waals surface area contributed by atoms with Gasteiger partial charge in [0.2, 0.25) is 0 Å². The number of nitrogens with two attached hydrogens (primary N) is 1. The van der Waals surface area contributed by atoms with Crippen molar-refractivity contribution in [3.05, 3.63) is 65.0 Å². The number of hydrogen-bond acceptors (Lipinski definition) is 4. The first kappa shape index (κ1) is 11.3. The number of anilines is 1. The molecule has 0 atom stereocenters. The highest BCUT2D eigenvalue weighted by atomic mass is 16.5. The summed E-state index contributed by atoms with van der Waals surface area (Å²) < 4.78 is 10.8. The molecule has 0 amide bonds. The zero-order chi connectivity index (χ0) is 13.2. The lowest BCUT2D eigenvalue weighted by molar-refractivity contribution is 0.482. The summed E-state index contributed by atoms with van der Waals surface area (Å²) in [5.41, 5.74) is 6.46. The Morgan fingerprint density at radius 3 is 2.63 bits per heavy atom. The summed E-state index contributed by atoms with van der Waals surface area (Å²) in [6, 6.07) is 15.6. The van der Waals surface area contributed by atoms with E-state index in [0.717, 1.165) is 5.39 Å². The Morgan fingerprint density at radius 1 is 1.00 bits per heavy atom. The first-order chi connectivity index (χ1) is 9.22. The molecule has 3 aromatic rings. The minimum absolute atomic E-state index is 0.385. The average Bonchev–Trinajstić information content (AvgIpc) is 2.41. The summed E-state index contributed by atoms with van der Waals surface area (Å²) in [7, 11) is 0. The van der Waals surface area contributed by atoms with Gasteiger partial charge < -0.3 is 14.9 Å². The van der Waals surface area contributed by atoms with Crippen molar-refractivity contribution in [2.75, 3.05) is 5.73 Å². The van der Waals surface area contributed by atoms with E-state index in [4.69, 9.17) is 14.9 Å². The van der Waals surface area contributed by atoms with Gasteiger partial charge in [-0.25, -0.2) is 4.79 Å². The van der Waals surface area contributed by atoms with Crippen LogP contribution in [0, 0.1) is 0 Å². The number of hydrogen-bond donors (Lipinski definition) is 1. The van der Waals surface area contributed by atoms with Crippen molar-refractivity contribution >= 4 is 16.7 Å². The highest BCUT2D eigenvalue weighted by Gasteiger charge is 2.03. The minimum Gasteiger partial charge on any atom is -0.455 e. The molecule has 0 aliphatic heterocycles. The van der Waals surface area contributed by atoms with Gasteiger partial charge in [-0.15, -0.1) is 0 Å². The Labute approximate surface area is 109 Å². The molecule has 0 fully saturated rings. The second-order valence-corrected chi connectivity index (χ2v) is 4.09. The molecule has 1 aromatic heterocycles. The van der Waals surface area contributed by atoms with Crippen molar-refractivity contribution < 1.29 is 9.15 Å². The molecule has 94 valence electrons. The Balaban J connectivity index is 2.02. The second kappa shape index (κ2) is 4.49. The third kappa shape index (κ3) is 2.28. The normalized spacial score (nSPS) is 10.5. The molecule has 4 nitrogen and oxygen atoms in total. The smallest absolute Gasteiger partial charge is 0.336 e. The van der Waals surface area contributed by atoms with Crippen LogP contribution in [0.4, 0.5) is 5.69 Å². The van der Waals surface area contributed by atoms with E-state index in [9.17, 15) is 4.79 Å². The molecule has 2 N–H and O–H groups in total. The maximum absolute atomic E-state index is 11.2. The summed E-state index contributed by atoms with van der Waals surface area (Å²) in [5.74, 6) is 1.14. The quantitative estimate of drug-likeness (QED) is 0.562. The van der Waals surface area contributed by atoms with E-state index in [0.29, 0.717) is 22.8 Å². The second-order valence-electron chi connectivity index (χ2n) is 4.09. The predicted molar refractivity (Wildman–Crippen MR) is 73.4 cm³/mol. The van der Waals surface area contributed by atoms with Crippen LogP contribution >= 0.6 is 0 Å². The Hall–Kier alpha value is -2.75. The van der Waals surface area contributed by atoms with Gasteiger partial charge in [-0.1, -0.05) is 12.1 Å². The Morgan fingerprint density at radius 2 is 1.79 bits per heavy atom. The maximum Gasteiger partial charge on any atom is 0.336 e. The van der Waals surface area contributed by atoms with Crippen LogP contribution < -0.4 is 16.1 Å². The molecule has 4 heteroatoms. The number of rotatable bonds is 2. The van der Waals surface area contributed by atoms with E-state index < -0.39 is 0 Å². The molecule has 0 bridgehead atoms. The average molecular weight is 253 g/mol. The van der Waals surface area contributed by atoms with Crippen LogP contribution in [0.25, 0.3) is 11.0 Å². The minimum atomic E-state index is -0.385. The molecule has 0 aliphatic carbocycles. The molecule has 0 saturated carbocycles. The fourth-order valence-corrected chi connectivity index (χ4v) is 1.80. The van der Waals surface area contributed by atoms with Crippen LogP contribution in [0.15, 0.2) is 63.8 Å². The molecule has 0 radical (unpaired) electrons. The van der Waals surface area contributed by atoms with Crippen LogP contribution in [0.3, 0.4) is 0 Å². The number of nitrogen functional groups attached to an aromatic ring is 1. The summed E-state index contributed by atoms with van der Waals surface area (Å²) in [6.07, 6.45) is 0. The molecule has 19 heavy (non-hydrogen) atoms. The van der Waals surface area contributed by atoms with Crippen molar-refractivity contribution in [2.24, 2.45) is 0 Å². The summed E-state index contributed by atoms with van der Waals surface area (Å²) >= 11 is 0. The molecule has 3 rings (SSSR count). The van der Waals surface area contributed by atoms with Gasteiger partial charge in [0.15, 0.2) is 0 Å². The molecule has 0 aliphatic rings. The Bertz CT molecular complexity index is 792. The fourth-order valence-electron chi connectivity index (χ4n) is 1.80. The van der Waals surface area contributed by atoms with Gasteiger partial charge in [-0.2, -0.15) is 0 Å². The monoisotopic (exact) mass is 253 g/mol. The molecule has 2 aromatic carbocycles. The van der Waals surface area contributed by atoms with Crippen molar-refractivity contribution in [1.29, 1.82) is 0 Å². The van der Waals surface area contributed by atoms with E-state index in [-0.39, 0.29) is 5.63 Å². The van der Waals surface area contributed by atoms with Crippen LogP contribution in [0.1, 0.15) is 0 Å². The van der Waals surface area contributed by atoms with Crippen LogP contribution in [-0.2, 0) is 0 Å². The van der Waals surface area contributed by atoms with E-state index >= 15 is 0 Å². The van der Waals surface area contributed by atoms with Crippen molar-refractivity contribution in [3.63, 3.8) is 0 Å². The van der Waals surface area contributed by atoms with E-state index in [2.05, 4.69) is 0 Å². The molecule has 0 saturated heterocycles. The van der Waals surface area contributed by atoms with Gasteiger partial charge in [-0.3, -0.25) is 0 Å². The third-order valence-corrected chi connectivity index (χ3v) is 2.74. The lowest BCUT2D eigenvalue weighted by Crippen LogP contribution is -1.95. The first-order valence-electron chi connectivity index (χ1n) is 5.79.